The minimum atomic E-state index is -4.29. The fourth-order valence-corrected chi connectivity index (χ4v) is 6.09. The molecule has 0 fully saturated rings. The molecule has 0 radical (unpaired) electrons. The van der Waals surface area contributed by atoms with Gasteiger partial charge in [0.05, 0.1) is 17.9 Å². The fourth-order valence-electron chi connectivity index (χ4n) is 5.33. The molecule has 3 N–H and O–H groups in total. The van der Waals surface area contributed by atoms with Gasteiger partial charge in [-0.15, -0.1) is 0 Å². The summed E-state index contributed by atoms with van der Waals surface area (Å²) in [6, 6.07) is -0.964. The first-order chi connectivity index (χ1) is 19.8. The van der Waals surface area contributed by atoms with Crippen LogP contribution in [0, 0.1) is 0 Å². The number of rotatable bonds is 31. The molecular formula is C34H67NO5S. The lowest BCUT2D eigenvalue weighted by atomic mass is 10.0. The largest absolute Gasteiger partial charge is 0.391 e. The van der Waals surface area contributed by atoms with Crippen molar-refractivity contribution < 1.29 is 22.9 Å². The van der Waals surface area contributed by atoms with E-state index in [9.17, 15) is 22.9 Å². The van der Waals surface area contributed by atoms with Crippen molar-refractivity contribution in [2.75, 3.05) is 5.75 Å². The lowest BCUT2D eigenvalue weighted by Crippen LogP contribution is -2.47. The molecule has 0 aliphatic rings. The molecule has 2 unspecified atom stereocenters. The summed E-state index contributed by atoms with van der Waals surface area (Å²) in [7, 11) is -4.29. The third-order valence-corrected chi connectivity index (χ3v) is 8.75. The average Bonchev–Trinajstić information content (AvgIpc) is 2.92. The molecule has 0 spiro atoms. The number of aliphatic hydroxyl groups excluding tert-OH is 1. The molecule has 0 bridgehead atoms. The minimum Gasteiger partial charge on any atom is -0.391 e. The smallest absolute Gasteiger partial charge is 0.266 e. The molecule has 1 amide bonds. The number of allylic oxidation sites excluding steroid dienone is 2. The van der Waals surface area contributed by atoms with Crippen LogP contribution in [-0.4, -0.2) is 41.9 Å². The second-order valence-corrected chi connectivity index (χ2v) is 13.6. The zero-order valence-corrected chi connectivity index (χ0v) is 27.7. The molecule has 0 aromatic heterocycles. The molecule has 0 saturated heterocycles. The van der Waals surface area contributed by atoms with E-state index in [4.69, 9.17) is 0 Å². The first-order valence-corrected chi connectivity index (χ1v) is 19.0. The van der Waals surface area contributed by atoms with Crippen LogP contribution in [0.3, 0.4) is 0 Å². The number of carbonyl (C=O) groups excluding carboxylic acids is 1. The van der Waals surface area contributed by atoms with Crippen molar-refractivity contribution in [3.63, 3.8) is 0 Å². The Morgan fingerprint density at radius 2 is 1.02 bits per heavy atom. The zero-order valence-electron chi connectivity index (χ0n) is 26.9. The summed E-state index contributed by atoms with van der Waals surface area (Å²) in [4.78, 5) is 12.4. The molecule has 7 heteroatoms. The Kier molecular flexibility index (Phi) is 28.5. The standard InChI is InChI=1S/C34H67NO5S/c1-3-5-7-9-10-11-12-13-14-15-16-17-18-19-20-21-22-23-24-26-28-30-34(37)35-32(31-41(38,39)40)33(36)29-27-25-8-6-4-2/h15-16,32-33,36H,3-14,17-31H2,1-2H3,(H,35,37)(H,38,39,40)/b16-15-. The highest BCUT2D eigenvalue weighted by Gasteiger charge is 2.26. The summed E-state index contributed by atoms with van der Waals surface area (Å²) >= 11 is 0. The van der Waals surface area contributed by atoms with E-state index < -0.39 is 28.0 Å². The second-order valence-electron chi connectivity index (χ2n) is 12.1. The van der Waals surface area contributed by atoms with E-state index in [1.165, 1.54) is 103 Å². The van der Waals surface area contributed by atoms with Crippen LogP contribution in [0.4, 0.5) is 0 Å². The highest BCUT2D eigenvalue weighted by molar-refractivity contribution is 7.85. The number of aliphatic hydroxyl groups is 1. The quantitative estimate of drug-likeness (QED) is 0.0417. The third kappa shape index (κ3) is 30.3. The summed E-state index contributed by atoms with van der Waals surface area (Å²) in [5, 5.41) is 13.1. The molecule has 0 aromatic carbocycles. The minimum absolute atomic E-state index is 0.254. The molecule has 0 aromatic rings. The van der Waals surface area contributed by atoms with Crippen molar-refractivity contribution in [1.82, 2.24) is 5.32 Å². The molecule has 41 heavy (non-hydrogen) atoms. The summed E-state index contributed by atoms with van der Waals surface area (Å²) < 4.78 is 32.0. The van der Waals surface area contributed by atoms with Gasteiger partial charge in [0, 0.05) is 6.42 Å². The van der Waals surface area contributed by atoms with Crippen molar-refractivity contribution in [3.05, 3.63) is 12.2 Å². The maximum atomic E-state index is 12.4. The van der Waals surface area contributed by atoms with Gasteiger partial charge in [-0.25, -0.2) is 0 Å². The van der Waals surface area contributed by atoms with Crippen molar-refractivity contribution >= 4 is 16.0 Å². The number of hydrogen-bond acceptors (Lipinski definition) is 4. The van der Waals surface area contributed by atoms with Crippen LogP contribution in [0.1, 0.15) is 181 Å². The van der Waals surface area contributed by atoms with Gasteiger partial charge in [0.2, 0.25) is 5.91 Å². The molecule has 2 atom stereocenters. The van der Waals surface area contributed by atoms with E-state index in [2.05, 4.69) is 31.3 Å². The third-order valence-electron chi connectivity index (χ3n) is 7.97. The van der Waals surface area contributed by atoms with Crippen molar-refractivity contribution in [2.45, 2.75) is 193 Å². The average molecular weight is 602 g/mol. The van der Waals surface area contributed by atoms with Crippen LogP contribution in [0.2, 0.25) is 0 Å². The van der Waals surface area contributed by atoms with Crippen molar-refractivity contribution in [2.24, 2.45) is 0 Å². The molecule has 0 saturated carbocycles. The molecular weight excluding hydrogens is 534 g/mol. The molecule has 244 valence electrons. The fraction of sp³-hybridized carbons (Fsp3) is 0.912. The van der Waals surface area contributed by atoms with Crippen molar-refractivity contribution in [3.8, 4) is 0 Å². The maximum Gasteiger partial charge on any atom is 0.266 e. The lowest BCUT2D eigenvalue weighted by molar-refractivity contribution is -0.122. The number of amides is 1. The predicted octanol–water partition coefficient (Wildman–Crippen LogP) is 9.46. The van der Waals surface area contributed by atoms with Gasteiger partial charge in [0.15, 0.2) is 0 Å². The SMILES string of the molecule is CCCCCCCCCC/C=C\CCCCCCCCCCCC(=O)NC(CS(=O)(=O)O)C(O)CCCCCCC. The Hall–Kier alpha value is -0.920. The van der Waals surface area contributed by atoms with Gasteiger partial charge in [-0.1, -0.05) is 148 Å². The van der Waals surface area contributed by atoms with E-state index in [1.807, 2.05) is 0 Å². The zero-order chi connectivity index (χ0) is 30.4. The monoisotopic (exact) mass is 601 g/mol. The maximum absolute atomic E-state index is 12.4. The van der Waals surface area contributed by atoms with Gasteiger partial charge < -0.3 is 10.4 Å². The molecule has 6 nitrogen and oxygen atoms in total. The normalized spacial score (nSPS) is 13.6. The van der Waals surface area contributed by atoms with Crippen LogP contribution in [0.15, 0.2) is 12.2 Å². The van der Waals surface area contributed by atoms with Crippen molar-refractivity contribution in [1.29, 1.82) is 0 Å². The van der Waals surface area contributed by atoms with Crippen LogP contribution in [0.25, 0.3) is 0 Å². The highest BCUT2D eigenvalue weighted by atomic mass is 32.2. The topological polar surface area (TPSA) is 104 Å². The van der Waals surface area contributed by atoms with Gasteiger partial charge in [-0.2, -0.15) is 8.42 Å². The molecule has 0 aliphatic carbocycles. The highest BCUT2D eigenvalue weighted by Crippen LogP contribution is 2.14. The first kappa shape index (κ1) is 40.1. The summed E-state index contributed by atoms with van der Waals surface area (Å²) in [6.07, 6.45) is 33.5. The Labute approximate surface area is 254 Å². The summed E-state index contributed by atoms with van der Waals surface area (Å²) in [6.45, 7) is 4.40. The predicted molar refractivity (Wildman–Crippen MR) is 175 cm³/mol. The van der Waals surface area contributed by atoms with Crippen LogP contribution < -0.4 is 5.32 Å². The van der Waals surface area contributed by atoms with Gasteiger partial charge >= 0.3 is 0 Å². The van der Waals surface area contributed by atoms with E-state index in [0.29, 0.717) is 12.8 Å². The van der Waals surface area contributed by atoms with E-state index in [0.717, 1.165) is 51.4 Å². The summed E-state index contributed by atoms with van der Waals surface area (Å²) in [5.74, 6) is -0.902. The number of unbranched alkanes of at least 4 members (excludes halogenated alkanes) is 21. The lowest BCUT2D eigenvalue weighted by Gasteiger charge is -2.23. The Morgan fingerprint density at radius 3 is 1.46 bits per heavy atom. The Bertz CT molecular complexity index is 710. The Morgan fingerprint density at radius 1 is 0.634 bits per heavy atom. The van der Waals surface area contributed by atoms with E-state index >= 15 is 0 Å². The number of nitrogens with one attached hydrogen (secondary N) is 1. The van der Waals surface area contributed by atoms with Gasteiger partial charge in [0.25, 0.3) is 10.1 Å². The molecule has 0 heterocycles. The first-order valence-electron chi connectivity index (χ1n) is 17.4. The van der Waals surface area contributed by atoms with Crippen LogP contribution >= 0.6 is 0 Å². The van der Waals surface area contributed by atoms with Crippen LogP contribution in [-0.2, 0) is 14.9 Å². The molecule has 0 aliphatic heterocycles. The van der Waals surface area contributed by atoms with Crippen LogP contribution in [0.5, 0.6) is 0 Å². The second kappa shape index (κ2) is 29.2. The number of hydrogen-bond donors (Lipinski definition) is 3. The van der Waals surface area contributed by atoms with Gasteiger partial charge in [-0.3, -0.25) is 9.35 Å². The van der Waals surface area contributed by atoms with E-state index in [-0.39, 0.29) is 5.91 Å². The van der Waals surface area contributed by atoms with E-state index in [1.54, 1.807) is 0 Å². The van der Waals surface area contributed by atoms with Gasteiger partial charge in [-0.05, 0) is 38.5 Å². The summed E-state index contributed by atoms with van der Waals surface area (Å²) in [5.41, 5.74) is 0. The molecule has 0 rings (SSSR count). The Balaban J connectivity index is 3.71. The van der Waals surface area contributed by atoms with Gasteiger partial charge in [0.1, 0.15) is 0 Å². The number of carbonyl (C=O) groups is 1.